The van der Waals surface area contributed by atoms with E-state index in [1.165, 1.54) is 48.5 Å². The van der Waals surface area contributed by atoms with Crippen LogP contribution < -0.4 is 10.2 Å². The second-order valence-electron chi connectivity index (χ2n) is 3.87. The second-order valence-corrected chi connectivity index (χ2v) is 3.87. The first kappa shape index (κ1) is 13.4. The molecule has 0 spiro atoms. The third-order valence-electron chi connectivity index (χ3n) is 2.49. The maximum atomic E-state index is 10.6. The summed E-state index contributed by atoms with van der Waals surface area (Å²) in [4.78, 5) is 21.1. The molecule has 6 nitrogen and oxygen atoms in total. The summed E-state index contributed by atoms with van der Waals surface area (Å²) in [6.07, 6.45) is 0. The number of azo groups is 1. The number of carboxylic acid groups (broad SMARTS) is 2. The number of nitrogens with zero attached hydrogens (tertiary/aromatic N) is 2. The van der Waals surface area contributed by atoms with E-state index in [2.05, 4.69) is 10.2 Å². The van der Waals surface area contributed by atoms with Gasteiger partial charge < -0.3 is 19.8 Å². The Morgan fingerprint density at radius 2 is 0.950 bits per heavy atom. The summed E-state index contributed by atoms with van der Waals surface area (Å²) >= 11 is 0. The smallest absolute Gasteiger partial charge is 0.0857 e. The minimum absolute atomic E-state index is 0.0576. The number of hydrogen-bond donors (Lipinski definition) is 0. The Labute approximate surface area is 114 Å². The summed E-state index contributed by atoms with van der Waals surface area (Å²) in [6.45, 7) is 0. The highest BCUT2D eigenvalue weighted by molar-refractivity contribution is 5.86. The van der Waals surface area contributed by atoms with Crippen LogP contribution in [0.4, 0.5) is 11.4 Å². The summed E-state index contributed by atoms with van der Waals surface area (Å²) in [5.74, 6) is -2.52. The topological polar surface area (TPSA) is 105 Å². The highest BCUT2D eigenvalue weighted by Gasteiger charge is 1.96. The minimum atomic E-state index is -1.26. The summed E-state index contributed by atoms with van der Waals surface area (Å²) in [6, 6.07) is 11.4. The Bertz CT molecular complexity index is 601. The molecule has 0 saturated heterocycles. The molecule has 0 aromatic heterocycles. The lowest BCUT2D eigenvalue weighted by Crippen LogP contribution is -2.21. The first-order chi connectivity index (χ1) is 9.56. The van der Waals surface area contributed by atoms with Crippen LogP contribution in [0, 0.1) is 0 Å². The van der Waals surface area contributed by atoms with Crippen molar-refractivity contribution >= 4 is 23.3 Å². The lowest BCUT2D eigenvalue weighted by atomic mass is 10.2. The first-order valence-corrected chi connectivity index (χ1v) is 5.61. The number of carboxylic acids is 2. The van der Waals surface area contributed by atoms with Gasteiger partial charge in [0.2, 0.25) is 0 Å². The van der Waals surface area contributed by atoms with Crippen LogP contribution >= 0.6 is 0 Å². The van der Waals surface area contributed by atoms with E-state index in [-0.39, 0.29) is 11.1 Å². The zero-order chi connectivity index (χ0) is 14.5. The lowest BCUT2D eigenvalue weighted by molar-refractivity contribution is -0.256. The highest BCUT2D eigenvalue weighted by atomic mass is 16.4. The zero-order valence-corrected chi connectivity index (χ0v) is 10.1. The van der Waals surface area contributed by atoms with Crippen molar-refractivity contribution in [2.75, 3.05) is 0 Å². The van der Waals surface area contributed by atoms with E-state index >= 15 is 0 Å². The fourth-order valence-electron chi connectivity index (χ4n) is 1.44. The number of benzene rings is 2. The second kappa shape index (κ2) is 5.75. The molecule has 0 radical (unpaired) electrons. The summed E-state index contributed by atoms with van der Waals surface area (Å²) in [7, 11) is 0. The normalized spacial score (nSPS) is 10.6. The molecule has 0 aliphatic rings. The SMILES string of the molecule is O=C([O-])c1ccc(N=Nc2ccc(C(=O)[O-])cc2)cc1. The van der Waals surface area contributed by atoms with Crippen molar-refractivity contribution in [1.29, 1.82) is 0 Å². The van der Waals surface area contributed by atoms with Crippen molar-refractivity contribution in [2.45, 2.75) is 0 Å². The number of aromatic carboxylic acids is 2. The van der Waals surface area contributed by atoms with Crippen LogP contribution in [-0.2, 0) is 0 Å². The fourth-order valence-corrected chi connectivity index (χ4v) is 1.44. The van der Waals surface area contributed by atoms with Crippen LogP contribution in [0.5, 0.6) is 0 Å². The standard InChI is InChI=1S/C14H10N2O4/c17-13(18)9-1-5-11(6-2-9)15-16-12-7-3-10(4-8-12)14(19)20/h1-8H,(H,17,18)(H,19,20)/p-2. The number of carbonyl (C=O) groups is 2. The van der Waals surface area contributed by atoms with Gasteiger partial charge in [0.15, 0.2) is 0 Å². The van der Waals surface area contributed by atoms with E-state index in [0.29, 0.717) is 11.4 Å². The van der Waals surface area contributed by atoms with Crippen LogP contribution in [0.2, 0.25) is 0 Å². The molecule has 0 aliphatic carbocycles. The van der Waals surface area contributed by atoms with Crippen LogP contribution in [-0.4, -0.2) is 11.9 Å². The minimum Gasteiger partial charge on any atom is -0.545 e. The van der Waals surface area contributed by atoms with Crippen LogP contribution in [0.15, 0.2) is 58.8 Å². The summed E-state index contributed by atoms with van der Waals surface area (Å²) < 4.78 is 0. The Morgan fingerprint density at radius 3 is 1.20 bits per heavy atom. The van der Waals surface area contributed by atoms with Gasteiger partial charge in [0.25, 0.3) is 0 Å². The molecule has 2 aromatic rings. The first-order valence-electron chi connectivity index (χ1n) is 5.61. The third-order valence-corrected chi connectivity index (χ3v) is 2.49. The molecular weight excluding hydrogens is 260 g/mol. The zero-order valence-electron chi connectivity index (χ0n) is 10.1. The molecule has 0 heterocycles. The molecule has 0 atom stereocenters. The van der Waals surface area contributed by atoms with Gasteiger partial charge in [0, 0.05) is 0 Å². The molecule has 0 bridgehead atoms. The lowest BCUT2D eigenvalue weighted by Gasteiger charge is -2.02. The Balaban J connectivity index is 2.12. The monoisotopic (exact) mass is 268 g/mol. The molecular formula is C14H8N2O4-2. The van der Waals surface area contributed by atoms with Crippen molar-refractivity contribution in [3.8, 4) is 0 Å². The molecule has 100 valence electrons. The van der Waals surface area contributed by atoms with Gasteiger partial charge >= 0.3 is 0 Å². The maximum absolute atomic E-state index is 10.6. The van der Waals surface area contributed by atoms with E-state index in [4.69, 9.17) is 0 Å². The quantitative estimate of drug-likeness (QED) is 0.765. The van der Waals surface area contributed by atoms with Gasteiger partial charge in [-0.05, 0) is 35.4 Å². The molecule has 0 unspecified atom stereocenters. The molecule has 0 saturated carbocycles. The van der Waals surface area contributed by atoms with Crippen molar-refractivity contribution < 1.29 is 19.8 Å². The summed E-state index contributed by atoms with van der Waals surface area (Å²) in [5.41, 5.74) is 1.06. The number of rotatable bonds is 4. The highest BCUT2D eigenvalue weighted by Crippen LogP contribution is 2.19. The van der Waals surface area contributed by atoms with Crippen LogP contribution in [0.25, 0.3) is 0 Å². The maximum Gasteiger partial charge on any atom is 0.0857 e. The molecule has 2 aromatic carbocycles. The van der Waals surface area contributed by atoms with Crippen molar-refractivity contribution in [3.05, 3.63) is 59.7 Å². The van der Waals surface area contributed by atoms with E-state index < -0.39 is 11.9 Å². The van der Waals surface area contributed by atoms with Gasteiger partial charge in [-0.25, -0.2) is 0 Å². The van der Waals surface area contributed by atoms with Crippen LogP contribution in [0.3, 0.4) is 0 Å². The van der Waals surface area contributed by atoms with Gasteiger partial charge in [0.05, 0.1) is 23.3 Å². The van der Waals surface area contributed by atoms with Gasteiger partial charge in [-0.2, -0.15) is 10.2 Å². The van der Waals surface area contributed by atoms with Crippen molar-refractivity contribution in [2.24, 2.45) is 10.2 Å². The van der Waals surface area contributed by atoms with Gasteiger partial charge in [-0.3, -0.25) is 0 Å². The molecule has 0 aliphatic heterocycles. The predicted octanol–water partition coefficient (Wildman–Crippen LogP) is 0.829. The van der Waals surface area contributed by atoms with E-state index in [9.17, 15) is 19.8 Å². The number of carbonyl (C=O) groups excluding carboxylic acids is 2. The molecule has 0 N–H and O–H groups in total. The average molecular weight is 268 g/mol. The molecule has 0 amide bonds. The van der Waals surface area contributed by atoms with Gasteiger partial charge in [-0.15, -0.1) is 0 Å². The average Bonchev–Trinajstić information content (AvgIpc) is 2.46. The fraction of sp³-hybridized carbons (Fsp3) is 0. The van der Waals surface area contributed by atoms with E-state index in [1.54, 1.807) is 0 Å². The Hall–Kier alpha value is -3.02. The van der Waals surface area contributed by atoms with Gasteiger partial charge in [-0.1, -0.05) is 24.3 Å². The Morgan fingerprint density at radius 1 is 0.650 bits per heavy atom. The van der Waals surface area contributed by atoms with E-state index in [1.807, 2.05) is 0 Å². The summed E-state index contributed by atoms with van der Waals surface area (Å²) in [5, 5.41) is 28.9. The molecule has 20 heavy (non-hydrogen) atoms. The Kier molecular flexibility index (Phi) is 3.85. The largest absolute Gasteiger partial charge is 0.545 e. The predicted molar refractivity (Wildman–Crippen MR) is 65.7 cm³/mol. The van der Waals surface area contributed by atoms with Crippen LogP contribution in [0.1, 0.15) is 20.7 Å². The van der Waals surface area contributed by atoms with Gasteiger partial charge in [0.1, 0.15) is 0 Å². The third kappa shape index (κ3) is 3.26. The number of hydrogen-bond acceptors (Lipinski definition) is 6. The van der Waals surface area contributed by atoms with Crippen molar-refractivity contribution in [3.63, 3.8) is 0 Å². The van der Waals surface area contributed by atoms with E-state index in [0.717, 1.165) is 0 Å². The molecule has 6 heteroatoms. The molecule has 2 rings (SSSR count). The van der Waals surface area contributed by atoms with Crippen molar-refractivity contribution in [1.82, 2.24) is 0 Å². The molecule has 0 fully saturated rings.